The summed E-state index contributed by atoms with van der Waals surface area (Å²) >= 11 is 4.67. The van der Waals surface area contributed by atoms with E-state index in [4.69, 9.17) is 0 Å². The van der Waals surface area contributed by atoms with Crippen LogP contribution in [0.1, 0.15) is 6.92 Å². The number of carbonyl (C=O) groups is 1. The third-order valence-corrected chi connectivity index (χ3v) is 0.921. The molecule has 0 aliphatic rings. The molecule has 0 fully saturated rings. The maximum absolute atomic E-state index is 10.5. The van der Waals surface area contributed by atoms with Crippen molar-refractivity contribution in [3.8, 4) is 0 Å². The average Bonchev–Trinajstić information content (AvgIpc) is 1.83. The summed E-state index contributed by atoms with van der Waals surface area (Å²) in [6.45, 7) is 2.00. The van der Waals surface area contributed by atoms with E-state index in [2.05, 4.69) is 22.9 Å². The minimum absolute atomic E-state index is 0.0563. The van der Waals surface area contributed by atoms with Crippen molar-refractivity contribution in [2.75, 3.05) is 13.6 Å². The van der Waals surface area contributed by atoms with Gasteiger partial charge in [-0.15, -0.1) is 0 Å². The molecule has 0 bridgehead atoms. The van der Waals surface area contributed by atoms with Crippen LogP contribution >= 0.6 is 12.2 Å². The maximum Gasteiger partial charge on any atom is 0.239 e. The molecular weight excluding hydrogens is 136 g/mol. The monoisotopic (exact) mass is 146 g/mol. The van der Waals surface area contributed by atoms with Gasteiger partial charge in [0.2, 0.25) is 5.91 Å². The summed E-state index contributed by atoms with van der Waals surface area (Å²) in [5, 5.41) is 5.17. The molecule has 4 heteroatoms. The van der Waals surface area contributed by atoms with Crippen molar-refractivity contribution in [1.82, 2.24) is 10.6 Å². The topological polar surface area (TPSA) is 41.1 Å². The third kappa shape index (κ3) is 5.23. The van der Waals surface area contributed by atoms with Crippen LogP contribution in [0.3, 0.4) is 0 Å². The van der Waals surface area contributed by atoms with Crippen molar-refractivity contribution in [1.29, 1.82) is 0 Å². The Bertz CT molecular complexity index is 124. The number of thiocarbonyl (C=S) groups is 1. The van der Waals surface area contributed by atoms with Crippen molar-refractivity contribution in [3.05, 3.63) is 0 Å². The highest BCUT2D eigenvalue weighted by molar-refractivity contribution is 7.80. The van der Waals surface area contributed by atoms with E-state index in [1.807, 2.05) is 0 Å². The van der Waals surface area contributed by atoms with Crippen molar-refractivity contribution >= 4 is 23.1 Å². The van der Waals surface area contributed by atoms with Gasteiger partial charge in [0, 0.05) is 7.05 Å². The first-order valence-electron chi connectivity index (χ1n) is 2.62. The first-order valence-corrected chi connectivity index (χ1v) is 3.02. The van der Waals surface area contributed by atoms with E-state index in [0.29, 0.717) is 4.99 Å². The predicted octanol–water partition coefficient (Wildman–Crippen LogP) is -0.331. The minimum Gasteiger partial charge on any atom is -0.371 e. The quantitative estimate of drug-likeness (QED) is 0.524. The molecule has 0 aliphatic heterocycles. The SMILES string of the molecule is CNC(=O)CNC(C)=S. The predicted molar refractivity (Wildman–Crippen MR) is 40.3 cm³/mol. The van der Waals surface area contributed by atoms with Crippen LogP contribution in [-0.2, 0) is 4.79 Å². The van der Waals surface area contributed by atoms with Crippen LogP contribution in [0.2, 0.25) is 0 Å². The minimum atomic E-state index is -0.0563. The van der Waals surface area contributed by atoms with E-state index in [1.165, 1.54) is 0 Å². The number of likely N-dealkylation sites (N-methyl/N-ethyl adjacent to an activating group) is 1. The molecule has 0 aromatic rings. The Morgan fingerprint density at radius 1 is 1.67 bits per heavy atom. The van der Waals surface area contributed by atoms with E-state index < -0.39 is 0 Å². The van der Waals surface area contributed by atoms with Crippen LogP contribution in [-0.4, -0.2) is 24.5 Å². The molecule has 1 amide bonds. The van der Waals surface area contributed by atoms with Crippen molar-refractivity contribution in [2.45, 2.75) is 6.92 Å². The van der Waals surface area contributed by atoms with Crippen LogP contribution in [0.25, 0.3) is 0 Å². The lowest BCUT2D eigenvalue weighted by molar-refractivity contribution is -0.119. The van der Waals surface area contributed by atoms with Gasteiger partial charge in [-0.3, -0.25) is 4.79 Å². The zero-order valence-corrected chi connectivity index (χ0v) is 6.34. The molecule has 3 nitrogen and oxygen atoms in total. The van der Waals surface area contributed by atoms with Gasteiger partial charge in [-0.2, -0.15) is 0 Å². The van der Waals surface area contributed by atoms with Gasteiger partial charge in [-0.1, -0.05) is 12.2 Å². The Hall–Kier alpha value is -0.640. The van der Waals surface area contributed by atoms with Gasteiger partial charge < -0.3 is 10.6 Å². The zero-order valence-electron chi connectivity index (χ0n) is 5.52. The summed E-state index contributed by atoms with van der Waals surface area (Å²) in [4.78, 5) is 11.1. The molecule has 0 aromatic heterocycles. The van der Waals surface area contributed by atoms with Crippen molar-refractivity contribution in [3.63, 3.8) is 0 Å². The molecule has 0 radical (unpaired) electrons. The van der Waals surface area contributed by atoms with Crippen LogP contribution in [0.5, 0.6) is 0 Å². The normalized spacial score (nSPS) is 8.22. The standard InChI is InChI=1S/C5H10N2OS/c1-4(9)7-3-5(8)6-2/h3H2,1-2H3,(H,6,8)(H,7,9). The molecule has 9 heavy (non-hydrogen) atoms. The third-order valence-electron chi connectivity index (χ3n) is 0.777. The number of amides is 1. The second-order valence-electron chi connectivity index (χ2n) is 1.58. The summed E-state index contributed by atoms with van der Waals surface area (Å²) in [5.41, 5.74) is 0. The lowest BCUT2D eigenvalue weighted by Crippen LogP contribution is -2.33. The Balaban J connectivity index is 3.28. The fourth-order valence-corrected chi connectivity index (χ4v) is 0.365. The lowest BCUT2D eigenvalue weighted by Gasteiger charge is -2.00. The largest absolute Gasteiger partial charge is 0.371 e. The molecule has 0 unspecified atom stereocenters. The number of carbonyl (C=O) groups excluding carboxylic acids is 1. The first-order chi connectivity index (χ1) is 4.16. The van der Waals surface area contributed by atoms with Crippen LogP contribution in [0.4, 0.5) is 0 Å². The summed E-state index contributed by atoms with van der Waals surface area (Å²) in [5.74, 6) is -0.0563. The Morgan fingerprint density at radius 2 is 2.22 bits per heavy atom. The number of hydrogen-bond acceptors (Lipinski definition) is 2. The molecule has 0 saturated heterocycles. The van der Waals surface area contributed by atoms with Crippen molar-refractivity contribution < 1.29 is 4.79 Å². The molecule has 0 saturated carbocycles. The van der Waals surface area contributed by atoms with E-state index in [0.717, 1.165) is 0 Å². The fourth-order valence-electron chi connectivity index (χ4n) is 0.293. The molecule has 0 aliphatic carbocycles. The highest BCUT2D eigenvalue weighted by Crippen LogP contribution is 1.66. The second kappa shape index (κ2) is 4.26. The van der Waals surface area contributed by atoms with E-state index in [1.54, 1.807) is 14.0 Å². The highest BCUT2D eigenvalue weighted by atomic mass is 32.1. The van der Waals surface area contributed by atoms with Gasteiger partial charge >= 0.3 is 0 Å². The van der Waals surface area contributed by atoms with Crippen LogP contribution < -0.4 is 10.6 Å². The van der Waals surface area contributed by atoms with Gasteiger partial charge in [0.05, 0.1) is 11.5 Å². The molecule has 52 valence electrons. The van der Waals surface area contributed by atoms with E-state index in [-0.39, 0.29) is 12.5 Å². The zero-order chi connectivity index (χ0) is 7.28. The molecular formula is C5H10N2OS. The van der Waals surface area contributed by atoms with Gasteiger partial charge in [-0.25, -0.2) is 0 Å². The van der Waals surface area contributed by atoms with E-state index >= 15 is 0 Å². The summed E-state index contributed by atoms with van der Waals surface area (Å²) in [6, 6.07) is 0. The van der Waals surface area contributed by atoms with Gasteiger partial charge in [0.1, 0.15) is 0 Å². The highest BCUT2D eigenvalue weighted by Gasteiger charge is 1.93. The van der Waals surface area contributed by atoms with E-state index in [9.17, 15) is 4.79 Å². The first kappa shape index (κ1) is 8.36. The Morgan fingerprint density at radius 3 is 2.56 bits per heavy atom. The number of rotatable bonds is 2. The molecule has 2 N–H and O–H groups in total. The molecule has 0 rings (SSSR count). The maximum atomic E-state index is 10.5. The second-order valence-corrected chi connectivity index (χ2v) is 2.20. The molecule has 0 atom stereocenters. The smallest absolute Gasteiger partial charge is 0.239 e. The number of nitrogens with one attached hydrogen (secondary N) is 2. The summed E-state index contributed by atoms with van der Waals surface area (Å²) < 4.78 is 0. The van der Waals surface area contributed by atoms with Gasteiger partial charge in [0.15, 0.2) is 0 Å². The van der Waals surface area contributed by atoms with Gasteiger partial charge in [0.25, 0.3) is 0 Å². The summed E-state index contributed by atoms with van der Waals surface area (Å²) in [7, 11) is 1.59. The number of hydrogen-bond donors (Lipinski definition) is 2. The Labute approximate surface area is 59.8 Å². The Kier molecular flexibility index (Phi) is 3.96. The van der Waals surface area contributed by atoms with Gasteiger partial charge in [-0.05, 0) is 6.92 Å². The molecule has 0 heterocycles. The molecule has 0 aromatic carbocycles. The van der Waals surface area contributed by atoms with Crippen LogP contribution in [0.15, 0.2) is 0 Å². The fraction of sp³-hybridized carbons (Fsp3) is 0.600. The summed E-state index contributed by atoms with van der Waals surface area (Å²) in [6.07, 6.45) is 0. The molecule has 0 spiro atoms. The van der Waals surface area contributed by atoms with Crippen molar-refractivity contribution in [2.24, 2.45) is 0 Å². The van der Waals surface area contributed by atoms with Crippen LogP contribution in [0, 0.1) is 0 Å². The average molecular weight is 146 g/mol. The lowest BCUT2D eigenvalue weighted by atomic mass is 10.6.